The Kier molecular flexibility index (Phi) is 7.21. The van der Waals surface area contributed by atoms with E-state index in [4.69, 9.17) is 33.7 Å². The molecule has 0 aliphatic heterocycles. The van der Waals surface area contributed by atoms with Gasteiger partial charge < -0.3 is 19.4 Å². The van der Waals surface area contributed by atoms with E-state index in [2.05, 4.69) is 0 Å². The van der Waals surface area contributed by atoms with Crippen LogP contribution in [0.3, 0.4) is 0 Å². The van der Waals surface area contributed by atoms with Gasteiger partial charge in [-0.3, -0.25) is 0 Å². The maximum Gasteiger partial charge on any atom is 0.335 e. The lowest BCUT2D eigenvalue weighted by Gasteiger charge is -2.24. The van der Waals surface area contributed by atoms with Crippen LogP contribution >= 0.6 is 29.3 Å². The molecule has 1 aromatic rings. The summed E-state index contributed by atoms with van der Waals surface area (Å²) in [5.41, 5.74) is -3.66. The average Bonchev–Trinajstić information content (AvgIpc) is 2.41. The number of benzene rings is 1. The number of carboxylic acids is 1. The van der Waals surface area contributed by atoms with Crippen molar-refractivity contribution < 1.29 is 23.7 Å². The third-order valence-electron chi connectivity index (χ3n) is 2.61. The molecule has 0 aliphatic rings. The van der Waals surface area contributed by atoms with Crippen LogP contribution in [-0.4, -0.2) is 38.3 Å². The molecule has 0 amide bonds. The fraction of sp³-hybridized carbons (Fsp3) is 0.333. The molecule has 122 valence electrons. The number of aromatic carboxylic acids is 1. The zero-order valence-corrected chi connectivity index (χ0v) is 15.2. The third-order valence-corrected chi connectivity index (χ3v) is 6.89. The minimum atomic E-state index is -3.49. The van der Waals surface area contributed by atoms with E-state index in [0.717, 1.165) is 29.6 Å². The van der Waals surface area contributed by atoms with E-state index in [1.165, 1.54) is 0 Å². The topological polar surface area (TPSA) is 70.0 Å². The van der Waals surface area contributed by atoms with E-state index in [9.17, 15) is 14.1 Å². The molecule has 2 N–H and O–H groups in total. The zero-order valence-electron chi connectivity index (χ0n) is 11.9. The first-order chi connectivity index (χ1) is 10.2. The van der Waals surface area contributed by atoms with Gasteiger partial charge in [0.1, 0.15) is 4.32 Å². The number of carboxylic acid groups (broad SMARTS) is 1. The van der Waals surface area contributed by atoms with Crippen molar-refractivity contribution in [1.82, 2.24) is 4.90 Å². The van der Waals surface area contributed by atoms with Crippen LogP contribution in [0.2, 0.25) is 0 Å². The van der Waals surface area contributed by atoms with Gasteiger partial charge in [0.05, 0.1) is 5.56 Å². The van der Waals surface area contributed by atoms with Crippen LogP contribution < -0.4 is 4.52 Å². The van der Waals surface area contributed by atoms with Gasteiger partial charge in [-0.05, 0) is 43.9 Å². The van der Waals surface area contributed by atoms with Crippen molar-refractivity contribution in [2.45, 2.75) is 13.8 Å². The van der Waals surface area contributed by atoms with E-state index < -0.39 is 23.2 Å². The minimum Gasteiger partial charge on any atom is -0.478 e. The molecule has 0 heterocycles. The lowest BCUT2D eigenvalue weighted by molar-refractivity contribution is 0.0696. The van der Waals surface area contributed by atoms with E-state index >= 15 is 0 Å². The van der Waals surface area contributed by atoms with Gasteiger partial charge in [-0.15, -0.1) is 0 Å². The predicted molar refractivity (Wildman–Crippen MR) is 93.6 cm³/mol. The summed E-state index contributed by atoms with van der Waals surface area (Å²) in [6, 6.07) is 3.02. The molecule has 0 bridgehead atoms. The zero-order chi connectivity index (χ0) is 16.9. The number of hydrogen-bond donors (Lipinski definition) is 2. The quantitative estimate of drug-likeness (QED) is 0.572. The van der Waals surface area contributed by atoms with E-state index in [-0.39, 0.29) is 5.56 Å². The minimum absolute atomic E-state index is 0.164. The average molecular weight is 383 g/mol. The Balaban J connectivity index is 2.93. The van der Waals surface area contributed by atoms with Crippen molar-refractivity contribution in [2.75, 3.05) is 13.1 Å². The van der Waals surface area contributed by atoms with Crippen LogP contribution in [0, 0.1) is 5.82 Å². The van der Waals surface area contributed by atoms with Crippen LogP contribution in [-0.2, 0) is 11.8 Å². The van der Waals surface area contributed by atoms with Gasteiger partial charge in [0, 0.05) is 24.5 Å². The number of halogens is 1. The molecule has 1 aromatic carbocycles. The van der Waals surface area contributed by atoms with E-state index in [1.807, 2.05) is 13.8 Å². The first-order valence-corrected chi connectivity index (χ1v) is 10.7. The van der Waals surface area contributed by atoms with Crippen LogP contribution in [0.5, 0.6) is 5.75 Å². The Morgan fingerprint density at radius 3 is 2.55 bits per heavy atom. The van der Waals surface area contributed by atoms with Crippen molar-refractivity contribution in [3.05, 3.63) is 29.6 Å². The predicted octanol–water partition coefficient (Wildman–Crippen LogP) is 3.48. The van der Waals surface area contributed by atoms with Crippen molar-refractivity contribution in [2.24, 2.45) is 0 Å². The fourth-order valence-corrected chi connectivity index (χ4v) is 6.24. The molecule has 22 heavy (non-hydrogen) atoms. The first kappa shape index (κ1) is 19.3. The summed E-state index contributed by atoms with van der Waals surface area (Å²) in [5.74, 6) is -2.44. The molecule has 0 radical (unpaired) electrons. The third kappa shape index (κ3) is 5.48. The highest BCUT2D eigenvalue weighted by molar-refractivity contribution is 8.75. The molecular formula is C12H15FNO4PS3. The molecule has 5 nitrogen and oxygen atoms in total. The second-order valence-corrected chi connectivity index (χ2v) is 10.6. The van der Waals surface area contributed by atoms with Crippen molar-refractivity contribution in [3.8, 4) is 5.75 Å². The molecule has 0 spiro atoms. The molecule has 1 atom stereocenters. The maximum absolute atomic E-state index is 13.7. The number of thiocarbonyl (C=S) groups is 1. The first-order valence-electron chi connectivity index (χ1n) is 6.24. The molecule has 0 aliphatic carbocycles. The molecule has 1 unspecified atom stereocenters. The van der Waals surface area contributed by atoms with Crippen molar-refractivity contribution in [1.29, 1.82) is 0 Å². The highest BCUT2D eigenvalue weighted by Crippen LogP contribution is 2.57. The normalized spacial score (nSPS) is 13.3. The molecule has 0 saturated heterocycles. The largest absolute Gasteiger partial charge is 0.478 e. The summed E-state index contributed by atoms with van der Waals surface area (Å²) < 4.78 is 19.2. The summed E-state index contributed by atoms with van der Waals surface area (Å²) in [6.07, 6.45) is 0. The van der Waals surface area contributed by atoms with E-state index in [1.54, 1.807) is 4.90 Å². The summed E-state index contributed by atoms with van der Waals surface area (Å²) in [5, 5.41) is 8.89. The second kappa shape index (κ2) is 8.21. The van der Waals surface area contributed by atoms with Gasteiger partial charge in [-0.1, -0.05) is 12.2 Å². The summed E-state index contributed by atoms with van der Waals surface area (Å²) >= 11 is 10.9. The lowest BCUT2D eigenvalue weighted by atomic mass is 10.2. The fourth-order valence-electron chi connectivity index (χ4n) is 1.49. The van der Waals surface area contributed by atoms with Crippen LogP contribution in [0.1, 0.15) is 24.2 Å². The molecule has 0 aromatic heterocycles. The SMILES string of the molecule is CCN(CC)C(=S)SP(O)(=S)Oc1cc(C(=O)O)ccc1F. The van der Waals surface area contributed by atoms with Crippen molar-refractivity contribution >= 4 is 51.4 Å². The van der Waals surface area contributed by atoms with Gasteiger partial charge in [0.2, 0.25) is 0 Å². The number of nitrogens with zero attached hydrogens (tertiary/aromatic N) is 1. The Hall–Kier alpha value is -0.730. The summed E-state index contributed by atoms with van der Waals surface area (Å²) in [6.45, 7) is 5.07. The number of carbonyl (C=O) groups is 1. The Labute approximate surface area is 142 Å². The summed E-state index contributed by atoms with van der Waals surface area (Å²) in [7, 11) is 0. The molecular weight excluding hydrogens is 368 g/mol. The number of hydrogen-bond acceptors (Lipinski definition) is 5. The molecule has 1 rings (SSSR count). The highest BCUT2D eigenvalue weighted by Gasteiger charge is 2.24. The summed E-state index contributed by atoms with van der Waals surface area (Å²) in [4.78, 5) is 22.9. The Bertz CT molecular complexity index is 624. The standard InChI is InChI=1S/C12H15FNO4PS3/c1-3-14(4-2)12(20)22-19(17,21)18-10-7-8(11(15)16)5-6-9(10)13/h5-7H,3-4H2,1-2H3,(H,15,16)(H,17,21). The van der Waals surface area contributed by atoms with E-state index in [0.29, 0.717) is 17.4 Å². The van der Waals surface area contributed by atoms with Gasteiger partial charge in [-0.2, -0.15) is 0 Å². The monoisotopic (exact) mass is 383 g/mol. The maximum atomic E-state index is 13.7. The van der Waals surface area contributed by atoms with Crippen LogP contribution in [0.25, 0.3) is 0 Å². The highest BCUT2D eigenvalue weighted by atomic mass is 32.9. The van der Waals surface area contributed by atoms with Gasteiger partial charge in [-0.25, -0.2) is 9.18 Å². The van der Waals surface area contributed by atoms with Crippen molar-refractivity contribution in [3.63, 3.8) is 0 Å². The van der Waals surface area contributed by atoms with Gasteiger partial charge in [0.25, 0.3) is 0 Å². The van der Waals surface area contributed by atoms with Crippen LogP contribution in [0.15, 0.2) is 18.2 Å². The molecule has 0 fully saturated rings. The lowest BCUT2D eigenvalue weighted by Crippen LogP contribution is -2.26. The number of rotatable bonds is 6. The van der Waals surface area contributed by atoms with Gasteiger partial charge >= 0.3 is 11.7 Å². The van der Waals surface area contributed by atoms with Gasteiger partial charge in [0.15, 0.2) is 11.6 Å². The van der Waals surface area contributed by atoms with Crippen LogP contribution in [0.4, 0.5) is 4.39 Å². The smallest absolute Gasteiger partial charge is 0.335 e. The Morgan fingerprint density at radius 2 is 2.05 bits per heavy atom. The second-order valence-electron chi connectivity index (χ2n) is 4.04. The molecule has 0 saturated carbocycles. The Morgan fingerprint density at radius 1 is 1.45 bits per heavy atom. The molecule has 10 heteroatoms.